The Balaban J connectivity index is 1.43. The van der Waals surface area contributed by atoms with E-state index in [1.54, 1.807) is 12.1 Å². The first-order valence-electron chi connectivity index (χ1n) is 11.4. The highest BCUT2D eigenvalue weighted by molar-refractivity contribution is 6.11. The SMILES string of the molecule is O=C(NC1CNCCCC1OC(=O)c1ccc(C(=O)c2ccccc2O)cc1)c1ccc(O)cc1. The molecule has 8 nitrogen and oxygen atoms in total. The molecule has 1 aliphatic rings. The molecule has 2 atom stereocenters. The van der Waals surface area contributed by atoms with E-state index in [9.17, 15) is 24.6 Å². The van der Waals surface area contributed by atoms with E-state index >= 15 is 0 Å². The summed E-state index contributed by atoms with van der Waals surface area (Å²) < 4.78 is 5.77. The number of phenols is 2. The lowest BCUT2D eigenvalue weighted by Crippen LogP contribution is -2.49. The van der Waals surface area contributed by atoms with E-state index in [4.69, 9.17) is 4.74 Å². The number of ether oxygens (including phenoxy) is 1. The predicted octanol–water partition coefficient (Wildman–Crippen LogP) is 3.04. The highest BCUT2D eigenvalue weighted by Crippen LogP contribution is 2.21. The highest BCUT2D eigenvalue weighted by Gasteiger charge is 2.29. The Hall–Kier alpha value is -4.17. The molecule has 1 amide bonds. The Morgan fingerprint density at radius 3 is 2.23 bits per heavy atom. The van der Waals surface area contributed by atoms with Gasteiger partial charge in [-0.05, 0) is 67.9 Å². The molecule has 4 rings (SSSR count). The summed E-state index contributed by atoms with van der Waals surface area (Å²) >= 11 is 0. The Morgan fingerprint density at radius 2 is 1.51 bits per heavy atom. The minimum Gasteiger partial charge on any atom is -0.508 e. The number of hydrogen-bond donors (Lipinski definition) is 4. The van der Waals surface area contributed by atoms with Crippen molar-refractivity contribution in [1.82, 2.24) is 10.6 Å². The van der Waals surface area contributed by atoms with Crippen LogP contribution in [0.25, 0.3) is 0 Å². The molecule has 3 aromatic rings. The van der Waals surface area contributed by atoms with Gasteiger partial charge in [-0.15, -0.1) is 0 Å². The normalized spacial score (nSPS) is 17.7. The van der Waals surface area contributed by atoms with Gasteiger partial charge < -0.3 is 25.6 Å². The average molecular weight is 475 g/mol. The molecule has 1 fully saturated rings. The standard InChI is InChI=1S/C27H26N2O6/c30-20-13-11-18(12-14-20)26(33)29-22-16-28-15-3-6-24(22)35-27(34)19-9-7-17(8-10-19)25(32)21-4-1-2-5-23(21)31/h1-2,4-5,7-14,22,24,28,30-31H,3,6,15-16H2,(H,29,33). The Kier molecular flexibility index (Phi) is 7.42. The maximum absolute atomic E-state index is 12.9. The lowest BCUT2D eigenvalue weighted by atomic mass is 10.0. The van der Waals surface area contributed by atoms with Gasteiger partial charge in [0.05, 0.1) is 17.2 Å². The van der Waals surface area contributed by atoms with Gasteiger partial charge in [-0.3, -0.25) is 9.59 Å². The largest absolute Gasteiger partial charge is 0.508 e. The lowest BCUT2D eigenvalue weighted by Gasteiger charge is -2.26. The van der Waals surface area contributed by atoms with Crippen molar-refractivity contribution in [3.63, 3.8) is 0 Å². The number of phenolic OH excluding ortho intramolecular Hbond substituents is 2. The summed E-state index contributed by atoms with van der Waals surface area (Å²) in [6, 6.07) is 17.8. The third kappa shape index (κ3) is 5.85. The fourth-order valence-corrected chi connectivity index (χ4v) is 3.95. The predicted molar refractivity (Wildman–Crippen MR) is 129 cm³/mol. The van der Waals surface area contributed by atoms with Crippen LogP contribution in [0.2, 0.25) is 0 Å². The average Bonchev–Trinajstić information content (AvgIpc) is 3.09. The zero-order valence-corrected chi connectivity index (χ0v) is 18.9. The van der Waals surface area contributed by atoms with Crippen molar-refractivity contribution < 1.29 is 29.3 Å². The summed E-state index contributed by atoms with van der Waals surface area (Å²) in [4.78, 5) is 38.2. The Bertz CT molecular complexity index is 1210. The Morgan fingerprint density at radius 1 is 0.857 bits per heavy atom. The van der Waals surface area contributed by atoms with Crippen molar-refractivity contribution >= 4 is 17.7 Å². The summed E-state index contributed by atoms with van der Waals surface area (Å²) in [6.07, 6.45) is 0.807. The molecule has 3 aromatic carbocycles. The van der Waals surface area contributed by atoms with Crippen LogP contribution in [0, 0.1) is 0 Å². The molecule has 1 aliphatic heterocycles. The number of rotatable bonds is 6. The number of carbonyl (C=O) groups is 3. The minimum absolute atomic E-state index is 0.0674. The van der Waals surface area contributed by atoms with E-state index in [0.29, 0.717) is 24.1 Å². The maximum atomic E-state index is 12.9. The van der Waals surface area contributed by atoms with E-state index in [0.717, 1.165) is 13.0 Å². The number of amides is 1. The number of aromatic hydroxyl groups is 2. The van der Waals surface area contributed by atoms with Crippen LogP contribution >= 0.6 is 0 Å². The van der Waals surface area contributed by atoms with E-state index in [1.807, 2.05) is 0 Å². The van der Waals surface area contributed by atoms with Gasteiger partial charge in [-0.2, -0.15) is 0 Å². The molecule has 1 saturated heterocycles. The van der Waals surface area contributed by atoms with Crippen LogP contribution in [0.1, 0.15) is 49.5 Å². The summed E-state index contributed by atoms with van der Waals surface area (Å²) in [7, 11) is 0. The number of esters is 1. The Labute approximate surface area is 202 Å². The van der Waals surface area contributed by atoms with Gasteiger partial charge >= 0.3 is 5.97 Å². The zero-order valence-electron chi connectivity index (χ0n) is 18.9. The third-order valence-corrected chi connectivity index (χ3v) is 5.89. The van der Waals surface area contributed by atoms with Crippen LogP contribution in [0.5, 0.6) is 11.5 Å². The highest BCUT2D eigenvalue weighted by atomic mass is 16.5. The second kappa shape index (κ2) is 10.8. The van der Waals surface area contributed by atoms with Gasteiger partial charge in [0.1, 0.15) is 17.6 Å². The van der Waals surface area contributed by atoms with Crippen LogP contribution in [0.15, 0.2) is 72.8 Å². The van der Waals surface area contributed by atoms with E-state index in [-0.39, 0.29) is 34.3 Å². The fraction of sp³-hybridized carbons (Fsp3) is 0.222. The van der Waals surface area contributed by atoms with Crippen molar-refractivity contribution in [2.45, 2.75) is 25.0 Å². The minimum atomic E-state index is -0.553. The molecule has 0 aliphatic carbocycles. The molecule has 0 aromatic heterocycles. The fourth-order valence-electron chi connectivity index (χ4n) is 3.95. The van der Waals surface area contributed by atoms with Crippen LogP contribution in [0.3, 0.4) is 0 Å². The van der Waals surface area contributed by atoms with Crippen molar-refractivity contribution in [2.75, 3.05) is 13.1 Å². The number of carbonyl (C=O) groups excluding carboxylic acids is 3. The molecule has 8 heteroatoms. The van der Waals surface area contributed by atoms with Gasteiger partial charge in [0.2, 0.25) is 0 Å². The molecule has 0 spiro atoms. The van der Waals surface area contributed by atoms with Gasteiger partial charge in [-0.1, -0.05) is 24.3 Å². The molecule has 0 radical (unpaired) electrons. The first kappa shape index (κ1) is 24.0. The lowest BCUT2D eigenvalue weighted by molar-refractivity contribution is 0.0192. The number of nitrogens with one attached hydrogen (secondary N) is 2. The van der Waals surface area contributed by atoms with Crippen LogP contribution in [-0.2, 0) is 4.74 Å². The second-order valence-electron chi connectivity index (χ2n) is 8.34. The van der Waals surface area contributed by atoms with E-state index < -0.39 is 18.1 Å². The topological polar surface area (TPSA) is 125 Å². The van der Waals surface area contributed by atoms with Crippen LogP contribution < -0.4 is 10.6 Å². The molecule has 1 heterocycles. The maximum Gasteiger partial charge on any atom is 0.338 e. The summed E-state index contributed by atoms with van der Waals surface area (Å²) in [5.74, 6) is -1.27. The molecule has 0 bridgehead atoms. The molecular weight excluding hydrogens is 448 g/mol. The van der Waals surface area contributed by atoms with Gasteiger partial charge in [0, 0.05) is 17.7 Å². The van der Waals surface area contributed by atoms with Crippen molar-refractivity contribution in [1.29, 1.82) is 0 Å². The summed E-state index contributed by atoms with van der Waals surface area (Å²) in [6.45, 7) is 1.18. The molecular formula is C27H26N2O6. The quantitative estimate of drug-likeness (QED) is 0.320. The molecule has 4 N–H and O–H groups in total. The molecule has 2 unspecified atom stereocenters. The van der Waals surface area contributed by atoms with Gasteiger partial charge in [0.25, 0.3) is 5.91 Å². The third-order valence-electron chi connectivity index (χ3n) is 5.89. The summed E-state index contributed by atoms with van der Waals surface area (Å²) in [5.41, 5.74) is 1.18. The van der Waals surface area contributed by atoms with Crippen molar-refractivity contribution in [3.8, 4) is 11.5 Å². The van der Waals surface area contributed by atoms with Crippen LogP contribution in [0.4, 0.5) is 0 Å². The van der Waals surface area contributed by atoms with Gasteiger partial charge in [0.15, 0.2) is 5.78 Å². The van der Waals surface area contributed by atoms with Crippen molar-refractivity contribution in [3.05, 3.63) is 95.1 Å². The first-order chi connectivity index (χ1) is 16.9. The molecule has 35 heavy (non-hydrogen) atoms. The van der Waals surface area contributed by atoms with Gasteiger partial charge in [-0.25, -0.2) is 4.79 Å². The molecule has 180 valence electrons. The smallest absolute Gasteiger partial charge is 0.338 e. The number of hydrogen-bond acceptors (Lipinski definition) is 7. The van der Waals surface area contributed by atoms with E-state index in [1.165, 1.54) is 60.7 Å². The zero-order chi connectivity index (χ0) is 24.8. The van der Waals surface area contributed by atoms with E-state index in [2.05, 4.69) is 10.6 Å². The number of para-hydroxylation sites is 1. The second-order valence-corrected chi connectivity index (χ2v) is 8.34. The summed E-state index contributed by atoms with van der Waals surface area (Å²) in [5, 5.41) is 25.5. The number of benzene rings is 3. The monoisotopic (exact) mass is 474 g/mol. The van der Waals surface area contributed by atoms with Crippen LogP contribution in [-0.4, -0.2) is 53.1 Å². The first-order valence-corrected chi connectivity index (χ1v) is 11.4. The van der Waals surface area contributed by atoms with Crippen molar-refractivity contribution in [2.24, 2.45) is 0 Å². The molecule has 0 saturated carbocycles. The number of ketones is 1.